The molecule has 1 aliphatic heterocycles. The maximum atomic E-state index is 12.8. The van der Waals surface area contributed by atoms with E-state index in [-0.39, 0.29) is 28.8 Å². The molecule has 132 valence electrons. The lowest BCUT2D eigenvalue weighted by molar-refractivity contribution is 0.0891. The summed E-state index contributed by atoms with van der Waals surface area (Å²) in [5.41, 5.74) is 2.47. The minimum Gasteiger partial charge on any atom is -0.342 e. The first-order valence-corrected chi connectivity index (χ1v) is 8.61. The van der Waals surface area contributed by atoms with Crippen LogP contribution in [-0.2, 0) is 6.54 Å². The number of Topliss-reactive ketones (excluding diaryl/α,β-unsaturated/α-hetero) is 1. The Hall–Kier alpha value is -2.50. The molecule has 0 spiro atoms. The summed E-state index contributed by atoms with van der Waals surface area (Å²) in [6.07, 6.45) is 3.03. The largest absolute Gasteiger partial charge is 0.342 e. The molecule has 6 nitrogen and oxygen atoms in total. The fourth-order valence-electron chi connectivity index (χ4n) is 3.14. The van der Waals surface area contributed by atoms with Crippen molar-refractivity contribution in [1.82, 2.24) is 20.1 Å². The maximum Gasteiger partial charge on any atom is 0.272 e. The van der Waals surface area contributed by atoms with Crippen molar-refractivity contribution in [2.75, 3.05) is 0 Å². The summed E-state index contributed by atoms with van der Waals surface area (Å²) in [5.74, 6) is -0.231. The number of hydrogen-bond donors (Lipinski definition) is 1. The van der Waals surface area contributed by atoms with E-state index in [1.807, 2.05) is 19.1 Å². The molecule has 0 radical (unpaired) electrons. The van der Waals surface area contributed by atoms with Crippen LogP contribution in [0.25, 0.3) is 0 Å². The number of carbonyl (C=O) groups excluding carboxylic acids is 2. The average molecular weight is 340 g/mol. The monoisotopic (exact) mass is 340 g/mol. The van der Waals surface area contributed by atoms with E-state index < -0.39 is 0 Å². The normalized spacial score (nSPS) is 15.6. The molecule has 1 amide bonds. The van der Waals surface area contributed by atoms with Gasteiger partial charge < -0.3 is 5.32 Å². The van der Waals surface area contributed by atoms with Crippen molar-refractivity contribution >= 4 is 11.7 Å². The van der Waals surface area contributed by atoms with E-state index >= 15 is 0 Å². The number of ketones is 1. The lowest BCUT2D eigenvalue weighted by Crippen LogP contribution is -2.37. The van der Waals surface area contributed by atoms with E-state index in [4.69, 9.17) is 0 Å². The number of carbonyl (C=O) groups is 2. The van der Waals surface area contributed by atoms with Crippen LogP contribution < -0.4 is 5.32 Å². The van der Waals surface area contributed by atoms with Gasteiger partial charge in [0.2, 0.25) is 0 Å². The quantitative estimate of drug-likeness (QED) is 0.931. The molecule has 1 unspecified atom stereocenters. The summed E-state index contributed by atoms with van der Waals surface area (Å²) in [5, 5.41) is 7.38. The van der Waals surface area contributed by atoms with Crippen LogP contribution in [0.15, 0.2) is 24.4 Å². The van der Waals surface area contributed by atoms with Crippen molar-refractivity contribution in [2.24, 2.45) is 5.41 Å². The first-order chi connectivity index (χ1) is 11.8. The zero-order chi connectivity index (χ0) is 18.2. The fraction of sp³-hybridized carbons (Fsp3) is 0.474. The number of fused-ring (bicyclic) bond motifs is 1. The fourth-order valence-corrected chi connectivity index (χ4v) is 3.14. The maximum absolute atomic E-state index is 12.8. The first-order valence-electron chi connectivity index (χ1n) is 8.61. The topological polar surface area (TPSA) is 76.9 Å². The Labute approximate surface area is 147 Å². The van der Waals surface area contributed by atoms with Crippen LogP contribution in [0, 0.1) is 12.3 Å². The summed E-state index contributed by atoms with van der Waals surface area (Å²) in [7, 11) is 0. The highest BCUT2D eigenvalue weighted by molar-refractivity contribution is 5.99. The first kappa shape index (κ1) is 17.3. The number of rotatable bonds is 3. The van der Waals surface area contributed by atoms with Gasteiger partial charge in [-0.15, -0.1) is 0 Å². The Morgan fingerprint density at radius 1 is 1.36 bits per heavy atom. The van der Waals surface area contributed by atoms with Crippen LogP contribution in [0.2, 0.25) is 0 Å². The Balaban J connectivity index is 1.89. The van der Waals surface area contributed by atoms with Crippen LogP contribution in [-0.4, -0.2) is 26.5 Å². The van der Waals surface area contributed by atoms with Gasteiger partial charge in [0.15, 0.2) is 11.5 Å². The molecule has 6 heteroatoms. The van der Waals surface area contributed by atoms with Gasteiger partial charge in [-0.05, 0) is 30.4 Å². The lowest BCUT2D eigenvalue weighted by Gasteiger charge is -2.31. The molecule has 25 heavy (non-hydrogen) atoms. The molecule has 2 aromatic heterocycles. The molecule has 1 aliphatic rings. The predicted octanol–water partition coefficient (Wildman–Crippen LogP) is 3.08. The van der Waals surface area contributed by atoms with Crippen molar-refractivity contribution in [3.63, 3.8) is 0 Å². The van der Waals surface area contributed by atoms with E-state index in [9.17, 15) is 9.59 Å². The number of hydrogen-bond acceptors (Lipinski definition) is 4. The molecule has 3 rings (SSSR count). The minimum atomic E-state index is -0.278. The van der Waals surface area contributed by atoms with Gasteiger partial charge in [-0.1, -0.05) is 26.8 Å². The van der Waals surface area contributed by atoms with Crippen LogP contribution in [0.1, 0.15) is 71.9 Å². The van der Waals surface area contributed by atoms with Crippen molar-refractivity contribution < 1.29 is 9.59 Å². The highest BCUT2D eigenvalue weighted by Gasteiger charge is 2.31. The highest BCUT2D eigenvalue weighted by Crippen LogP contribution is 2.33. The molecule has 0 aromatic carbocycles. The Kier molecular flexibility index (Phi) is 4.45. The molecular weight excluding hydrogens is 316 g/mol. The van der Waals surface area contributed by atoms with E-state index in [2.05, 4.69) is 36.2 Å². The molecule has 1 atom stereocenters. The highest BCUT2D eigenvalue weighted by atomic mass is 16.2. The third kappa shape index (κ3) is 3.48. The van der Waals surface area contributed by atoms with Crippen LogP contribution in [0.3, 0.4) is 0 Å². The molecule has 0 saturated heterocycles. The van der Waals surface area contributed by atoms with Gasteiger partial charge in [0.1, 0.15) is 5.69 Å². The zero-order valence-electron chi connectivity index (χ0n) is 15.2. The zero-order valence-corrected chi connectivity index (χ0v) is 15.2. The molecule has 1 N–H and O–H groups in total. The standard InChI is InChI=1S/C19H24N4O2/c1-12-7-5-9-20-16(12)17(19(2,3)4)21-18(25)13-11-14-15(24)8-6-10-23(14)22-13/h5,7,9,11,17H,6,8,10H2,1-4H3,(H,21,25). The van der Waals surface area contributed by atoms with Gasteiger partial charge in [0.05, 0.1) is 11.7 Å². The summed E-state index contributed by atoms with van der Waals surface area (Å²) >= 11 is 0. The third-order valence-corrected chi connectivity index (χ3v) is 4.54. The Morgan fingerprint density at radius 2 is 2.12 bits per heavy atom. The van der Waals surface area contributed by atoms with E-state index in [0.717, 1.165) is 17.7 Å². The van der Waals surface area contributed by atoms with E-state index in [0.29, 0.717) is 18.7 Å². The molecule has 0 fully saturated rings. The molecular formula is C19H24N4O2. The summed E-state index contributed by atoms with van der Waals surface area (Å²) in [4.78, 5) is 29.2. The van der Waals surface area contributed by atoms with Gasteiger partial charge >= 0.3 is 0 Å². The summed E-state index contributed by atoms with van der Waals surface area (Å²) in [6, 6.07) is 5.22. The van der Waals surface area contributed by atoms with Gasteiger partial charge in [0, 0.05) is 25.2 Å². The van der Waals surface area contributed by atoms with E-state index in [1.165, 1.54) is 0 Å². The van der Waals surface area contributed by atoms with Crippen molar-refractivity contribution in [3.05, 3.63) is 47.0 Å². The predicted molar refractivity (Wildman–Crippen MR) is 94.4 cm³/mol. The molecule has 0 saturated carbocycles. The second-order valence-electron chi connectivity index (χ2n) is 7.64. The smallest absolute Gasteiger partial charge is 0.272 e. The number of aryl methyl sites for hydroxylation is 2. The van der Waals surface area contributed by atoms with E-state index in [1.54, 1.807) is 16.9 Å². The molecule has 0 aliphatic carbocycles. The van der Waals surface area contributed by atoms with Crippen LogP contribution in [0.4, 0.5) is 0 Å². The second kappa shape index (κ2) is 6.43. The Morgan fingerprint density at radius 3 is 2.76 bits per heavy atom. The van der Waals surface area contributed by atoms with Crippen LogP contribution in [0.5, 0.6) is 0 Å². The van der Waals surface area contributed by atoms with Gasteiger partial charge in [-0.25, -0.2) is 0 Å². The lowest BCUT2D eigenvalue weighted by atomic mass is 9.83. The van der Waals surface area contributed by atoms with Crippen molar-refractivity contribution in [1.29, 1.82) is 0 Å². The number of nitrogens with one attached hydrogen (secondary N) is 1. The van der Waals surface area contributed by atoms with Gasteiger partial charge in [-0.2, -0.15) is 5.10 Å². The summed E-state index contributed by atoms with van der Waals surface area (Å²) in [6.45, 7) is 8.85. The molecule has 3 heterocycles. The van der Waals surface area contributed by atoms with Crippen molar-refractivity contribution in [2.45, 2.75) is 53.1 Å². The molecule has 0 bridgehead atoms. The number of amides is 1. The van der Waals surface area contributed by atoms with Crippen molar-refractivity contribution in [3.8, 4) is 0 Å². The number of nitrogens with zero attached hydrogens (tertiary/aromatic N) is 3. The van der Waals surface area contributed by atoms with Gasteiger partial charge in [0.25, 0.3) is 5.91 Å². The number of pyridine rings is 1. The second-order valence-corrected chi connectivity index (χ2v) is 7.64. The SMILES string of the molecule is Cc1cccnc1C(NC(=O)c1cc2n(n1)CCCC2=O)C(C)(C)C. The number of aromatic nitrogens is 3. The van der Waals surface area contributed by atoms with Gasteiger partial charge in [-0.3, -0.25) is 19.3 Å². The van der Waals surface area contributed by atoms with Crippen LogP contribution >= 0.6 is 0 Å². The average Bonchev–Trinajstić information content (AvgIpc) is 2.98. The summed E-state index contributed by atoms with van der Waals surface area (Å²) < 4.78 is 1.64. The molecule has 2 aromatic rings. The third-order valence-electron chi connectivity index (χ3n) is 4.54. The Bertz CT molecular complexity index is 817. The minimum absolute atomic E-state index is 0.0470.